The summed E-state index contributed by atoms with van der Waals surface area (Å²) in [6.07, 6.45) is 1.06. The van der Waals surface area contributed by atoms with Crippen molar-refractivity contribution in [2.24, 2.45) is 0 Å². The number of nitrogens with one attached hydrogen (secondary N) is 2. The van der Waals surface area contributed by atoms with Crippen LogP contribution in [0.4, 0.5) is 0 Å². The minimum Gasteiger partial charge on any atom is -0.469 e. The number of hydrogen-bond donors (Lipinski definition) is 2. The fourth-order valence-electron chi connectivity index (χ4n) is 1.12. The maximum atomic E-state index is 11.3. The van der Waals surface area contributed by atoms with E-state index in [0.29, 0.717) is 19.4 Å². The van der Waals surface area contributed by atoms with Crippen molar-refractivity contribution in [3.8, 4) is 0 Å². The van der Waals surface area contributed by atoms with Gasteiger partial charge < -0.3 is 15.4 Å². The molecule has 0 atom stereocenters. The average Bonchev–Trinajstić information content (AvgIpc) is 2.14. The lowest BCUT2D eigenvalue weighted by molar-refractivity contribution is -0.140. The monoisotopic (exact) mass is 230 g/mol. The second-order valence-electron chi connectivity index (χ2n) is 4.65. The zero-order chi connectivity index (χ0) is 12.6. The molecule has 0 aromatic rings. The van der Waals surface area contributed by atoms with Gasteiger partial charge in [0.25, 0.3) is 0 Å². The van der Waals surface area contributed by atoms with Gasteiger partial charge in [0.15, 0.2) is 0 Å². The Balaban J connectivity index is 3.45. The molecule has 16 heavy (non-hydrogen) atoms. The molecule has 0 bridgehead atoms. The second kappa shape index (κ2) is 7.22. The van der Waals surface area contributed by atoms with E-state index in [1.165, 1.54) is 7.11 Å². The molecular formula is C11H22N2O3. The Morgan fingerprint density at radius 3 is 2.38 bits per heavy atom. The molecule has 0 unspecified atom stereocenters. The van der Waals surface area contributed by atoms with Crippen molar-refractivity contribution in [1.82, 2.24) is 10.6 Å². The Morgan fingerprint density at radius 2 is 1.88 bits per heavy atom. The van der Waals surface area contributed by atoms with Crippen molar-refractivity contribution >= 4 is 11.9 Å². The molecule has 0 spiro atoms. The van der Waals surface area contributed by atoms with Crippen LogP contribution in [0.3, 0.4) is 0 Å². The molecule has 94 valence electrons. The van der Waals surface area contributed by atoms with Crippen LogP contribution < -0.4 is 10.6 Å². The zero-order valence-corrected chi connectivity index (χ0v) is 10.6. The predicted molar refractivity (Wildman–Crippen MR) is 62.0 cm³/mol. The van der Waals surface area contributed by atoms with Gasteiger partial charge in [-0.3, -0.25) is 9.59 Å². The average molecular weight is 230 g/mol. The summed E-state index contributed by atoms with van der Waals surface area (Å²) in [5, 5.41) is 5.80. The Hall–Kier alpha value is -1.10. The summed E-state index contributed by atoms with van der Waals surface area (Å²) in [7, 11) is 1.37. The maximum absolute atomic E-state index is 11.3. The lowest BCUT2D eigenvalue weighted by Crippen LogP contribution is -2.45. The molecular weight excluding hydrogens is 208 g/mol. The standard InChI is InChI=1S/C11H22N2O3/c1-11(2,3)13-9(14)8-12-7-5-6-10(15)16-4/h12H,5-8H2,1-4H3,(H,13,14). The van der Waals surface area contributed by atoms with E-state index in [0.717, 1.165) is 0 Å². The van der Waals surface area contributed by atoms with Crippen molar-refractivity contribution in [1.29, 1.82) is 0 Å². The smallest absolute Gasteiger partial charge is 0.305 e. The van der Waals surface area contributed by atoms with E-state index in [1.807, 2.05) is 20.8 Å². The molecule has 0 aromatic carbocycles. The number of hydrogen-bond acceptors (Lipinski definition) is 4. The molecule has 0 aromatic heterocycles. The Labute approximate surface area is 96.9 Å². The van der Waals surface area contributed by atoms with E-state index in [1.54, 1.807) is 0 Å². The fourth-order valence-corrected chi connectivity index (χ4v) is 1.12. The van der Waals surface area contributed by atoms with Crippen LogP contribution in [0.25, 0.3) is 0 Å². The topological polar surface area (TPSA) is 67.4 Å². The summed E-state index contributed by atoms with van der Waals surface area (Å²) in [6, 6.07) is 0. The Bertz CT molecular complexity index is 234. The molecule has 0 heterocycles. The lowest BCUT2D eigenvalue weighted by atomic mass is 10.1. The van der Waals surface area contributed by atoms with Crippen molar-refractivity contribution in [3.63, 3.8) is 0 Å². The van der Waals surface area contributed by atoms with Crippen molar-refractivity contribution in [3.05, 3.63) is 0 Å². The van der Waals surface area contributed by atoms with Crippen LogP contribution in [0, 0.1) is 0 Å². The molecule has 0 saturated heterocycles. The van der Waals surface area contributed by atoms with Gasteiger partial charge in [-0.05, 0) is 33.7 Å². The quantitative estimate of drug-likeness (QED) is 0.513. The number of amides is 1. The second-order valence-corrected chi connectivity index (χ2v) is 4.65. The van der Waals surface area contributed by atoms with Gasteiger partial charge in [-0.1, -0.05) is 0 Å². The number of carbonyl (C=O) groups excluding carboxylic acids is 2. The van der Waals surface area contributed by atoms with Crippen LogP contribution in [-0.4, -0.2) is 37.6 Å². The fraction of sp³-hybridized carbons (Fsp3) is 0.818. The summed E-state index contributed by atoms with van der Waals surface area (Å²) in [4.78, 5) is 22.1. The van der Waals surface area contributed by atoms with Gasteiger partial charge in [0.2, 0.25) is 5.91 Å². The summed E-state index contributed by atoms with van der Waals surface area (Å²) in [5.74, 6) is -0.258. The highest BCUT2D eigenvalue weighted by molar-refractivity contribution is 5.78. The van der Waals surface area contributed by atoms with E-state index in [9.17, 15) is 9.59 Å². The minimum absolute atomic E-state index is 0.0365. The first-order valence-electron chi connectivity index (χ1n) is 5.43. The number of carbonyl (C=O) groups is 2. The van der Waals surface area contributed by atoms with Gasteiger partial charge in [-0.25, -0.2) is 0 Å². The van der Waals surface area contributed by atoms with Gasteiger partial charge in [0.05, 0.1) is 13.7 Å². The number of methoxy groups -OCH3 is 1. The van der Waals surface area contributed by atoms with Gasteiger partial charge in [-0.2, -0.15) is 0 Å². The van der Waals surface area contributed by atoms with Crippen LogP contribution in [0.1, 0.15) is 33.6 Å². The van der Waals surface area contributed by atoms with Gasteiger partial charge >= 0.3 is 5.97 Å². The SMILES string of the molecule is COC(=O)CCCNCC(=O)NC(C)(C)C. The van der Waals surface area contributed by atoms with Crippen LogP contribution in [-0.2, 0) is 14.3 Å². The van der Waals surface area contributed by atoms with E-state index < -0.39 is 0 Å². The molecule has 0 aliphatic heterocycles. The molecule has 0 radical (unpaired) electrons. The van der Waals surface area contributed by atoms with Gasteiger partial charge in [0.1, 0.15) is 0 Å². The maximum Gasteiger partial charge on any atom is 0.305 e. The van der Waals surface area contributed by atoms with E-state index in [4.69, 9.17) is 0 Å². The van der Waals surface area contributed by atoms with E-state index in [2.05, 4.69) is 15.4 Å². The third-order valence-electron chi connectivity index (χ3n) is 1.76. The Kier molecular flexibility index (Phi) is 6.72. The lowest BCUT2D eigenvalue weighted by Gasteiger charge is -2.20. The van der Waals surface area contributed by atoms with Crippen LogP contribution in [0.2, 0.25) is 0 Å². The van der Waals surface area contributed by atoms with Crippen molar-refractivity contribution in [2.45, 2.75) is 39.2 Å². The van der Waals surface area contributed by atoms with Crippen LogP contribution in [0.5, 0.6) is 0 Å². The normalized spacial score (nSPS) is 11.0. The first-order chi connectivity index (χ1) is 7.35. The summed E-state index contributed by atoms with van der Waals surface area (Å²) < 4.78 is 4.50. The number of esters is 1. The Morgan fingerprint density at radius 1 is 1.25 bits per heavy atom. The zero-order valence-electron chi connectivity index (χ0n) is 10.6. The third kappa shape index (κ3) is 9.45. The van der Waals surface area contributed by atoms with Gasteiger partial charge in [0, 0.05) is 12.0 Å². The molecule has 5 nitrogen and oxygen atoms in total. The first-order valence-corrected chi connectivity index (χ1v) is 5.43. The minimum atomic E-state index is -0.221. The highest BCUT2D eigenvalue weighted by Crippen LogP contribution is 1.97. The molecule has 0 aliphatic carbocycles. The summed E-state index contributed by atoms with van der Waals surface area (Å²) >= 11 is 0. The largest absolute Gasteiger partial charge is 0.469 e. The number of rotatable bonds is 6. The first kappa shape index (κ1) is 14.9. The van der Waals surface area contributed by atoms with Crippen molar-refractivity contribution in [2.75, 3.05) is 20.2 Å². The van der Waals surface area contributed by atoms with Crippen molar-refractivity contribution < 1.29 is 14.3 Å². The molecule has 2 N–H and O–H groups in total. The molecule has 1 amide bonds. The highest BCUT2D eigenvalue weighted by Gasteiger charge is 2.12. The summed E-state index contributed by atoms with van der Waals surface area (Å²) in [5.41, 5.74) is -0.204. The van der Waals surface area contributed by atoms with Crippen LogP contribution >= 0.6 is 0 Å². The van der Waals surface area contributed by atoms with E-state index in [-0.39, 0.29) is 24.0 Å². The highest BCUT2D eigenvalue weighted by atomic mass is 16.5. The third-order valence-corrected chi connectivity index (χ3v) is 1.76. The predicted octanol–water partition coefficient (Wildman–Crippen LogP) is 0.444. The molecule has 0 fully saturated rings. The molecule has 0 rings (SSSR count). The van der Waals surface area contributed by atoms with Gasteiger partial charge in [-0.15, -0.1) is 0 Å². The molecule has 5 heteroatoms. The van der Waals surface area contributed by atoms with Crippen LogP contribution in [0.15, 0.2) is 0 Å². The summed E-state index contributed by atoms with van der Waals surface area (Å²) in [6.45, 7) is 6.71. The number of ether oxygens (including phenoxy) is 1. The molecule has 0 saturated carbocycles. The van der Waals surface area contributed by atoms with E-state index >= 15 is 0 Å². The molecule has 0 aliphatic rings.